The number of carbonyl (C=O) groups is 2. The highest BCUT2D eigenvalue weighted by Crippen LogP contribution is 2.29. The maximum Gasteiger partial charge on any atom is 0.308 e. The van der Waals surface area contributed by atoms with Crippen molar-refractivity contribution in [3.8, 4) is 0 Å². The first-order valence-corrected chi connectivity index (χ1v) is 8.35. The topological polar surface area (TPSA) is 73.4 Å². The minimum absolute atomic E-state index is 0.0433. The summed E-state index contributed by atoms with van der Waals surface area (Å²) in [6.45, 7) is 8.76. The lowest BCUT2D eigenvalue weighted by Crippen LogP contribution is -2.37. The summed E-state index contributed by atoms with van der Waals surface area (Å²) in [4.78, 5) is 28.9. The van der Waals surface area contributed by atoms with Gasteiger partial charge in [0.15, 0.2) is 0 Å². The maximum atomic E-state index is 12.8. The lowest BCUT2D eigenvalue weighted by atomic mass is 9.87. The molecule has 2 atom stereocenters. The first kappa shape index (κ1) is 16.6. The number of hydrogen-bond acceptors (Lipinski definition) is 2. The third-order valence-electron chi connectivity index (χ3n) is 5.05. The molecule has 0 aliphatic carbocycles. The highest BCUT2D eigenvalue weighted by molar-refractivity contribution is 5.98. The van der Waals surface area contributed by atoms with E-state index in [1.165, 1.54) is 5.56 Å². The summed E-state index contributed by atoms with van der Waals surface area (Å²) in [6.07, 6.45) is 0.511. The highest BCUT2D eigenvalue weighted by atomic mass is 16.4. The number of amides is 1. The van der Waals surface area contributed by atoms with Crippen molar-refractivity contribution in [2.24, 2.45) is 5.92 Å². The second-order valence-corrected chi connectivity index (χ2v) is 7.71. The molecule has 0 bridgehead atoms. The van der Waals surface area contributed by atoms with Crippen LogP contribution in [-0.2, 0) is 10.2 Å². The number of rotatable bonds is 2. The Hall–Kier alpha value is -2.30. The van der Waals surface area contributed by atoms with Gasteiger partial charge in [-0.1, -0.05) is 32.9 Å². The van der Waals surface area contributed by atoms with Crippen molar-refractivity contribution in [2.45, 2.75) is 45.6 Å². The van der Waals surface area contributed by atoms with Crippen molar-refractivity contribution in [3.63, 3.8) is 0 Å². The number of nitrogens with zero attached hydrogens (tertiary/aromatic N) is 1. The van der Waals surface area contributed by atoms with Crippen molar-refractivity contribution in [3.05, 3.63) is 35.5 Å². The van der Waals surface area contributed by atoms with Crippen molar-refractivity contribution in [2.75, 3.05) is 6.54 Å². The molecule has 2 aromatic rings. The summed E-state index contributed by atoms with van der Waals surface area (Å²) in [5.74, 6) is -1.44. The average Bonchev–Trinajstić information content (AvgIpc) is 3.08. The number of fused-ring (bicyclic) bond motifs is 1. The molecule has 0 saturated carbocycles. The standard InChI is InChI=1S/C19H24N2O3/c1-11-14(18(23)24)7-8-21(11)17(22)16-9-12-5-6-13(19(2,3)4)10-15(12)20-16/h5-6,9-11,14,20H,7-8H2,1-4H3,(H,23,24). The number of hydrogen-bond donors (Lipinski definition) is 2. The Kier molecular flexibility index (Phi) is 3.90. The molecular weight excluding hydrogens is 304 g/mol. The van der Waals surface area contributed by atoms with E-state index in [9.17, 15) is 14.7 Å². The zero-order valence-corrected chi connectivity index (χ0v) is 14.6. The van der Waals surface area contributed by atoms with Crippen molar-refractivity contribution < 1.29 is 14.7 Å². The first-order chi connectivity index (χ1) is 11.2. The number of nitrogens with one attached hydrogen (secondary N) is 1. The number of carboxylic acid groups (broad SMARTS) is 1. The Morgan fingerprint density at radius 1 is 1.25 bits per heavy atom. The van der Waals surface area contributed by atoms with Crippen LogP contribution in [-0.4, -0.2) is 39.5 Å². The van der Waals surface area contributed by atoms with Crippen LogP contribution in [0.2, 0.25) is 0 Å². The van der Waals surface area contributed by atoms with E-state index in [4.69, 9.17) is 0 Å². The molecule has 2 heterocycles. The van der Waals surface area contributed by atoms with Crippen molar-refractivity contribution in [1.82, 2.24) is 9.88 Å². The molecule has 1 saturated heterocycles. The van der Waals surface area contributed by atoms with Crippen LogP contribution < -0.4 is 0 Å². The second-order valence-electron chi connectivity index (χ2n) is 7.71. The van der Waals surface area contributed by atoms with E-state index in [0.717, 1.165) is 10.9 Å². The normalized spacial score (nSPS) is 21.4. The van der Waals surface area contributed by atoms with Crippen LogP contribution in [0.3, 0.4) is 0 Å². The predicted molar refractivity (Wildman–Crippen MR) is 93.2 cm³/mol. The fourth-order valence-corrected chi connectivity index (χ4v) is 3.42. The molecule has 1 amide bonds. The number of aromatic amines is 1. The van der Waals surface area contributed by atoms with Crippen molar-refractivity contribution >= 4 is 22.8 Å². The summed E-state index contributed by atoms with van der Waals surface area (Å²) < 4.78 is 0. The summed E-state index contributed by atoms with van der Waals surface area (Å²) in [5, 5.41) is 10.2. The number of benzene rings is 1. The Bertz CT molecular complexity index is 801. The smallest absolute Gasteiger partial charge is 0.308 e. The number of aliphatic carboxylic acids is 1. The third kappa shape index (κ3) is 2.79. The molecule has 0 spiro atoms. The van der Waals surface area contributed by atoms with Gasteiger partial charge in [-0.2, -0.15) is 0 Å². The molecule has 1 fully saturated rings. The van der Waals surface area contributed by atoms with Gasteiger partial charge in [-0.05, 0) is 36.5 Å². The monoisotopic (exact) mass is 328 g/mol. The Labute approximate surface area is 141 Å². The zero-order chi connectivity index (χ0) is 17.6. The van der Waals surface area contributed by atoms with Gasteiger partial charge in [0.05, 0.1) is 5.92 Å². The van der Waals surface area contributed by atoms with Crippen LogP contribution >= 0.6 is 0 Å². The minimum atomic E-state index is -0.829. The highest BCUT2D eigenvalue weighted by Gasteiger charge is 2.38. The summed E-state index contributed by atoms with van der Waals surface area (Å²) in [5.41, 5.74) is 2.71. The lowest BCUT2D eigenvalue weighted by Gasteiger charge is -2.22. The SMILES string of the molecule is CC1C(C(=O)O)CCN1C(=O)c1cc2ccc(C(C)(C)C)cc2[nH]1. The van der Waals surface area contributed by atoms with E-state index in [1.807, 2.05) is 19.1 Å². The van der Waals surface area contributed by atoms with E-state index in [1.54, 1.807) is 4.90 Å². The van der Waals surface area contributed by atoms with E-state index < -0.39 is 11.9 Å². The summed E-state index contributed by atoms with van der Waals surface area (Å²) >= 11 is 0. The van der Waals surface area contributed by atoms with Crippen molar-refractivity contribution in [1.29, 1.82) is 0 Å². The van der Waals surface area contributed by atoms with Crippen LogP contribution in [0, 0.1) is 5.92 Å². The van der Waals surface area contributed by atoms with Gasteiger partial charge in [-0.25, -0.2) is 0 Å². The molecular formula is C19H24N2O3. The number of likely N-dealkylation sites (tertiary alicyclic amines) is 1. The second kappa shape index (κ2) is 5.65. The van der Waals surface area contributed by atoms with Crippen LogP contribution in [0.25, 0.3) is 10.9 Å². The van der Waals surface area contributed by atoms with Gasteiger partial charge >= 0.3 is 5.97 Å². The van der Waals surface area contributed by atoms with Crippen LogP contribution in [0.15, 0.2) is 24.3 Å². The minimum Gasteiger partial charge on any atom is -0.481 e. The summed E-state index contributed by atoms with van der Waals surface area (Å²) in [6, 6.07) is 7.76. The maximum absolute atomic E-state index is 12.8. The molecule has 128 valence electrons. The molecule has 3 rings (SSSR count). The van der Waals surface area contributed by atoms with Gasteiger partial charge in [0.2, 0.25) is 0 Å². The van der Waals surface area contributed by atoms with E-state index in [2.05, 4.69) is 37.9 Å². The fourth-order valence-electron chi connectivity index (χ4n) is 3.42. The molecule has 1 aliphatic rings. The van der Waals surface area contributed by atoms with Gasteiger partial charge in [-0.3, -0.25) is 9.59 Å². The average molecular weight is 328 g/mol. The predicted octanol–water partition coefficient (Wildman–Crippen LogP) is 3.40. The molecule has 1 aromatic heterocycles. The number of H-pyrrole nitrogens is 1. The third-order valence-corrected chi connectivity index (χ3v) is 5.05. The van der Waals surface area contributed by atoms with Gasteiger partial charge in [0.25, 0.3) is 5.91 Å². The fraction of sp³-hybridized carbons (Fsp3) is 0.474. The molecule has 24 heavy (non-hydrogen) atoms. The quantitative estimate of drug-likeness (QED) is 0.887. The van der Waals surface area contributed by atoms with Gasteiger partial charge in [0, 0.05) is 23.5 Å². The Morgan fingerprint density at radius 2 is 1.96 bits per heavy atom. The van der Waals surface area contributed by atoms with Crippen LogP contribution in [0.4, 0.5) is 0 Å². The number of carboxylic acids is 1. The van der Waals surface area contributed by atoms with E-state index >= 15 is 0 Å². The lowest BCUT2D eigenvalue weighted by molar-refractivity contribution is -0.142. The van der Waals surface area contributed by atoms with Crippen LogP contribution in [0.1, 0.15) is 50.2 Å². The molecule has 2 unspecified atom stereocenters. The molecule has 5 nitrogen and oxygen atoms in total. The Morgan fingerprint density at radius 3 is 2.54 bits per heavy atom. The van der Waals surface area contributed by atoms with Gasteiger partial charge < -0.3 is 15.0 Å². The van der Waals surface area contributed by atoms with Gasteiger partial charge in [-0.15, -0.1) is 0 Å². The van der Waals surface area contributed by atoms with Gasteiger partial charge in [0.1, 0.15) is 5.69 Å². The molecule has 1 aliphatic heterocycles. The Balaban J connectivity index is 1.90. The van der Waals surface area contributed by atoms with Crippen LogP contribution in [0.5, 0.6) is 0 Å². The largest absolute Gasteiger partial charge is 0.481 e. The molecule has 2 N–H and O–H groups in total. The van der Waals surface area contributed by atoms with E-state index in [-0.39, 0.29) is 17.4 Å². The number of carbonyl (C=O) groups excluding carboxylic acids is 1. The first-order valence-electron chi connectivity index (χ1n) is 8.35. The van der Waals surface area contributed by atoms with E-state index in [0.29, 0.717) is 18.7 Å². The molecule has 0 radical (unpaired) electrons. The molecule has 1 aromatic carbocycles. The summed E-state index contributed by atoms with van der Waals surface area (Å²) in [7, 11) is 0. The molecule has 5 heteroatoms. The number of aromatic nitrogens is 1. The zero-order valence-electron chi connectivity index (χ0n) is 14.6.